The van der Waals surface area contributed by atoms with Crippen LogP contribution in [-0.2, 0) is 17.8 Å². The third kappa shape index (κ3) is 5.27. The number of rotatable bonds is 8. The minimum absolute atomic E-state index is 0.730. The van der Waals surface area contributed by atoms with Gasteiger partial charge in [-0.25, -0.2) is 0 Å². The third-order valence-corrected chi connectivity index (χ3v) is 4.43. The Kier molecular flexibility index (Phi) is 7.16. The summed E-state index contributed by atoms with van der Waals surface area (Å²) in [4.78, 5) is 2.55. The minimum Gasteiger partial charge on any atom is -0.496 e. The lowest BCUT2D eigenvalue weighted by Gasteiger charge is -2.30. The number of ether oxygens (including phenoxy) is 2. The van der Waals surface area contributed by atoms with Crippen LogP contribution in [0, 0.1) is 5.92 Å². The van der Waals surface area contributed by atoms with Crippen LogP contribution in [0.25, 0.3) is 0 Å². The second-order valence-corrected chi connectivity index (χ2v) is 6.27. The molecule has 0 aromatic heterocycles. The molecule has 1 aromatic carbocycles. The minimum atomic E-state index is 0.730. The van der Waals surface area contributed by atoms with E-state index >= 15 is 0 Å². The molecule has 4 heteroatoms. The van der Waals surface area contributed by atoms with Crippen LogP contribution in [0.1, 0.15) is 30.9 Å². The van der Waals surface area contributed by atoms with Gasteiger partial charge in [-0.05, 0) is 43.5 Å². The van der Waals surface area contributed by atoms with Crippen molar-refractivity contribution in [2.24, 2.45) is 5.92 Å². The van der Waals surface area contributed by atoms with Gasteiger partial charge < -0.3 is 14.8 Å². The van der Waals surface area contributed by atoms with Crippen molar-refractivity contribution >= 4 is 0 Å². The van der Waals surface area contributed by atoms with Crippen molar-refractivity contribution in [3.8, 4) is 5.75 Å². The lowest BCUT2D eigenvalue weighted by atomic mass is 9.98. The van der Waals surface area contributed by atoms with E-state index in [0.29, 0.717) is 0 Å². The first kappa shape index (κ1) is 17.3. The normalized spacial score (nSPS) is 16.9. The van der Waals surface area contributed by atoms with Crippen molar-refractivity contribution in [1.82, 2.24) is 10.2 Å². The summed E-state index contributed by atoms with van der Waals surface area (Å²) >= 11 is 0. The van der Waals surface area contributed by atoms with E-state index in [4.69, 9.17) is 9.47 Å². The quantitative estimate of drug-likeness (QED) is 0.749. The summed E-state index contributed by atoms with van der Waals surface area (Å²) in [6, 6.07) is 6.60. The van der Waals surface area contributed by atoms with Crippen molar-refractivity contribution in [1.29, 1.82) is 0 Å². The molecule has 1 heterocycles. The Balaban J connectivity index is 1.90. The van der Waals surface area contributed by atoms with Crippen molar-refractivity contribution in [3.63, 3.8) is 0 Å². The van der Waals surface area contributed by atoms with E-state index in [1.807, 2.05) is 0 Å². The zero-order valence-electron chi connectivity index (χ0n) is 14.2. The van der Waals surface area contributed by atoms with Gasteiger partial charge >= 0.3 is 0 Å². The number of nitrogens with one attached hydrogen (secondary N) is 1. The number of hydrogen-bond donors (Lipinski definition) is 1. The van der Waals surface area contributed by atoms with Gasteiger partial charge in [0.1, 0.15) is 5.75 Å². The first-order chi connectivity index (χ1) is 10.7. The number of hydrogen-bond acceptors (Lipinski definition) is 4. The lowest BCUT2D eigenvalue weighted by molar-refractivity contribution is 0.185. The fraction of sp³-hybridized carbons (Fsp3) is 0.667. The van der Waals surface area contributed by atoms with Crippen molar-refractivity contribution in [3.05, 3.63) is 29.3 Å². The molecule has 22 heavy (non-hydrogen) atoms. The first-order valence-corrected chi connectivity index (χ1v) is 8.30. The highest BCUT2D eigenvalue weighted by Crippen LogP contribution is 2.23. The van der Waals surface area contributed by atoms with E-state index in [2.05, 4.69) is 35.3 Å². The Hall–Kier alpha value is -1.10. The van der Waals surface area contributed by atoms with Gasteiger partial charge in [0, 0.05) is 32.3 Å². The average Bonchev–Trinajstić information content (AvgIpc) is 2.54. The second-order valence-electron chi connectivity index (χ2n) is 6.27. The summed E-state index contributed by atoms with van der Waals surface area (Å²) in [6.45, 7) is 8.20. The molecule has 0 radical (unpaired) electrons. The molecule has 1 saturated heterocycles. The predicted molar refractivity (Wildman–Crippen MR) is 90.3 cm³/mol. The van der Waals surface area contributed by atoms with Gasteiger partial charge in [0.25, 0.3) is 0 Å². The number of benzene rings is 1. The summed E-state index contributed by atoms with van der Waals surface area (Å²) < 4.78 is 10.6. The van der Waals surface area contributed by atoms with E-state index in [0.717, 1.165) is 37.9 Å². The number of piperidine rings is 1. The highest BCUT2D eigenvalue weighted by molar-refractivity contribution is 5.37. The first-order valence-electron chi connectivity index (χ1n) is 8.30. The van der Waals surface area contributed by atoms with Gasteiger partial charge in [-0.15, -0.1) is 0 Å². The fourth-order valence-electron chi connectivity index (χ4n) is 2.91. The molecule has 1 N–H and O–H groups in total. The van der Waals surface area contributed by atoms with Crippen LogP contribution in [0.4, 0.5) is 0 Å². The molecule has 4 nitrogen and oxygen atoms in total. The van der Waals surface area contributed by atoms with E-state index in [-0.39, 0.29) is 0 Å². The highest BCUT2D eigenvalue weighted by atomic mass is 16.5. The van der Waals surface area contributed by atoms with Crippen LogP contribution in [0.15, 0.2) is 18.2 Å². The third-order valence-electron chi connectivity index (χ3n) is 4.43. The van der Waals surface area contributed by atoms with Gasteiger partial charge in [0.15, 0.2) is 0 Å². The van der Waals surface area contributed by atoms with Gasteiger partial charge in [-0.1, -0.05) is 19.1 Å². The maximum atomic E-state index is 5.56. The van der Waals surface area contributed by atoms with Gasteiger partial charge in [0.05, 0.1) is 13.7 Å². The molecule has 0 spiro atoms. The molecule has 124 valence electrons. The molecule has 2 rings (SSSR count). The van der Waals surface area contributed by atoms with E-state index < -0.39 is 0 Å². The van der Waals surface area contributed by atoms with Crippen LogP contribution < -0.4 is 10.1 Å². The standard InChI is InChI=1S/C18H30N2O2/c1-15-6-9-20(10-7-15)14-16-4-5-17(18(12-16)22-3)13-19-8-11-21-2/h4-5,12,15,19H,6-11,13-14H2,1-3H3. The summed E-state index contributed by atoms with van der Waals surface area (Å²) in [5.41, 5.74) is 2.54. The van der Waals surface area contributed by atoms with Crippen LogP contribution in [0.5, 0.6) is 5.75 Å². The monoisotopic (exact) mass is 306 g/mol. The molecule has 0 atom stereocenters. The summed E-state index contributed by atoms with van der Waals surface area (Å²) in [6.07, 6.45) is 2.64. The molecule has 0 bridgehead atoms. The Morgan fingerprint density at radius 2 is 2.00 bits per heavy atom. The van der Waals surface area contributed by atoms with Crippen LogP contribution in [0.3, 0.4) is 0 Å². The van der Waals surface area contributed by atoms with E-state index in [9.17, 15) is 0 Å². The Morgan fingerprint density at radius 3 is 2.68 bits per heavy atom. The van der Waals surface area contributed by atoms with Crippen LogP contribution >= 0.6 is 0 Å². The van der Waals surface area contributed by atoms with E-state index in [1.54, 1.807) is 14.2 Å². The summed E-state index contributed by atoms with van der Waals surface area (Å²) in [7, 11) is 3.47. The van der Waals surface area contributed by atoms with Crippen molar-refractivity contribution in [2.75, 3.05) is 40.5 Å². The van der Waals surface area contributed by atoms with Crippen LogP contribution in [-0.4, -0.2) is 45.4 Å². The SMILES string of the molecule is COCCNCc1ccc(CN2CCC(C)CC2)cc1OC. The molecule has 1 aromatic rings. The van der Waals surface area contributed by atoms with Gasteiger partial charge in [-0.2, -0.15) is 0 Å². The molecular formula is C18H30N2O2. The largest absolute Gasteiger partial charge is 0.496 e. The highest BCUT2D eigenvalue weighted by Gasteiger charge is 2.16. The fourth-order valence-corrected chi connectivity index (χ4v) is 2.91. The molecule has 0 amide bonds. The molecule has 0 saturated carbocycles. The Morgan fingerprint density at radius 1 is 1.23 bits per heavy atom. The van der Waals surface area contributed by atoms with Gasteiger partial charge in [0.2, 0.25) is 0 Å². The number of methoxy groups -OCH3 is 2. The smallest absolute Gasteiger partial charge is 0.123 e. The van der Waals surface area contributed by atoms with E-state index in [1.165, 1.54) is 37.1 Å². The maximum Gasteiger partial charge on any atom is 0.123 e. The maximum absolute atomic E-state index is 5.56. The molecule has 0 unspecified atom stereocenters. The molecule has 0 aliphatic carbocycles. The average molecular weight is 306 g/mol. The van der Waals surface area contributed by atoms with Gasteiger partial charge in [-0.3, -0.25) is 4.90 Å². The molecule has 1 aliphatic rings. The summed E-state index contributed by atoms with van der Waals surface area (Å²) in [5.74, 6) is 1.86. The Bertz CT molecular complexity index is 443. The Labute approximate surface area is 134 Å². The zero-order valence-corrected chi connectivity index (χ0v) is 14.2. The lowest BCUT2D eigenvalue weighted by Crippen LogP contribution is -2.32. The van der Waals surface area contributed by atoms with Crippen LogP contribution in [0.2, 0.25) is 0 Å². The topological polar surface area (TPSA) is 33.7 Å². The number of nitrogens with zero attached hydrogens (tertiary/aromatic N) is 1. The molecular weight excluding hydrogens is 276 g/mol. The van der Waals surface area contributed by atoms with Crippen molar-refractivity contribution < 1.29 is 9.47 Å². The summed E-state index contributed by atoms with van der Waals surface area (Å²) in [5, 5.41) is 3.37. The molecule has 1 aliphatic heterocycles. The number of likely N-dealkylation sites (tertiary alicyclic amines) is 1. The zero-order chi connectivity index (χ0) is 15.8. The predicted octanol–water partition coefficient (Wildman–Crippen LogP) is 2.66. The molecule has 1 fully saturated rings. The van der Waals surface area contributed by atoms with Crippen molar-refractivity contribution in [2.45, 2.75) is 32.9 Å². The second kappa shape index (κ2) is 9.13.